The van der Waals surface area contributed by atoms with Crippen molar-refractivity contribution in [3.63, 3.8) is 0 Å². The van der Waals surface area contributed by atoms with Gasteiger partial charge in [-0.2, -0.15) is 4.98 Å². The first-order valence-corrected chi connectivity index (χ1v) is 12.8. The normalized spacial score (nSPS) is 11.4. The van der Waals surface area contributed by atoms with Crippen molar-refractivity contribution in [1.29, 1.82) is 0 Å². The summed E-state index contributed by atoms with van der Waals surface area (Å²) >= 11 is 0. The molecule has 0 saturated heterocycles. The zero-order chi connectivity index (χ0) is 26.0. The molecule has 0 aliphatic heterocycles. The van der Waals surface area contributed by atoms with E-state index in [2.05, 4.69) is 15.6 Å². The van der Waals surface area contributed by atoms with E-state index in [-0.39, 0.29) is 6.32 Å². The molecule has 0 aliphatic carbocycles. The van der Waals surface area contributed by atoms with Crippen molar-refractivity contribution >= 4 is 49.3 Å². The van der Waals surface area contributed by atoms with Crippen molar-refractivity contribution in [2.75, 3.05) is 24.9 Å². The zero-order valence-corrected chi connectivity index (χ0v) is 20.9. The Morgan fingerprint density at radius 3 is 2.41 bits per heavy atom. The van der Waals surface area contributed by atoms with Gasteiger partial charge in [0.1, 0.15) is 5.82 Å². The summed E-state index contributed by atoms with van der Waals surface area (Å²) < 4.78 is 34.1. The number of anilines is 3. The summed E-state index contributed by atoms with van der Waals surface area (Å²) in [5.41, 5.74) is 3.19. The molecule has 0 unspecified atom stereocenters. The van der Waals surface area contributed by atoms with Crippen LogP contribution in [0.5, 0.6) is 11.5 Å². The van der Waals surface area contributed by atoms with Gasteiger partial charge in [-0.05, 0) is 48.0 Å². The molecule has 0 amide bonds. The number of hydrogen-bond acceptors (Lipinski definition) is 9. The number of benzene rings is 3. The highest BCUT2D eigenvalue weighted by atomic mass is 32.2. The third-order valence-corrected chi connectivity index (χ3v) is 6.70. The molecule has 4 N–H and O–H groups in total. The molecule has 5 aromatic rings. The number of pyridine rings is 1. The molecule has 190 valence electrons. The van der Waals surface area contributed by atoms with Gasteiger partial charge >= 0.3 is 0 Å². The predicted octanol–water partition coefficient (Wildman–Crippen LogP) is 4.44. The summed E-state index contributed by atoms with van der Waals surface area (Å²) in [5.74, 6) is 2.03. The van der Waals surface area contributed by atoms with E-state index in [1.165, 1.54) is 12.1 Å². The smallest absolute Gasteiger partial charge is 0.238 e. The maximum absolute atomic E-state index is 11.6. The summed E-state index contributed by atoms with van der Waals surface area (Å²) in [4.78, 5) is 13.8. The molecule has 0 saturated carbocycles. The van der Waals surface area contributed by atoms with Crippen LogP contribution in [-0.4, -0.2) is 37.6 Å². The number of ether oxygens (including phenoxy) is 2. The number of nitrogens with one attached hydrogen (secondary N) is 2. The molecule has 11 heteroatoms. The molecule has 0 aliphatic rings. The van der Waals surface area contributed by atoms with Gasteiger partial charge in [0.05, 0.1) is 30.1 Å². The van der Waals surface area contributed by atoms with Crippen molar-refractivity contribution in [2.45, 2.75) is 11.4 Å². The maximum Gasteiger partial charge on any atom is 0.238 e. The number of sulfonamides is 1. The van der Waals surface area contributed by atoms with Crippen molar-refractivity contribution in [3.8, 4) is 11.5 Å². The van der Waals surface area contributed by atoms with Crippen LogP contribution < -0.4 is 25.2 Å². The highest BCUT2D eigenvalue weighted by Gasteiger charge is 2.14. The van der Waals surface area contributed by atoms with Crippen LogP contribution in [0.1, 0.15) is 6.99 Å². The molecular formula is C26H26N6O4S. The Hall–Kier alpha value is -4.48. The maximum atomic E-state index is 11.6. The van der Waals surface area contributed by atoms with Gasteiger partial charge in [0.25, 0.3) is 0 Å². The van der Waals surface area contributed by atoms with E-state index in [1.807, 2.05) is 36.4 Å². The van der Waals surface area contributed by atoms with Crippen LogP contribution in [0.25, 0.3) is 21.8 Å². The molecule has 0 atom stereocenters. The largest absolute Gasteiger partial charge is 0.493 e. The number of hydrogen-bond donors (Lipinski definition) is 3. The number of nitrogens with two attached hydrogens (primary N) is 1. The first kappa shape index (κ1) is 24.2. The molecule has 2 heterocycles. The SMILES string of the molecule is COc1cc2nc(Nc3ccc4ncccc4c3)nc(NCc3ccc(S(N)(=O)=O)cc3)c2cc1OC.[HH]. The number of fused-ring (bicyclic) bond motifs is 2. The van der Waals surface area contributed by atoms with Gasteiger partial charge in [0.15, 0.2) is 11.5 Å². The van der Waals surface area contributed by atoms with Gasteiger partial charge in [-0.25, -0.2) is 18.5 Å². The number of nitrogens with zero attached hydrogens (tertiary/aromatic N) is 3. The molecule has 3 aromatic carbocycles. The first-order valence-electron chi connectivity index (χ1n) is 11.3. The van der Waals surface area contributed by atoms with Crippen LogP contribution in [0.2, 0.25) is 0 Å². The molecule has 37 heavy (non-hydrogen) atoms. The molecule has 10 nitrogen and oxygen atoms in total. The first-order chi connectivity index (χ1) is 17.8. The quantitative estimate of drug-likeness (QED) is 0.272. The van der Waals surface area contributed by atoms with E-state index in [9.17, 15) is 8.42 Å². The fourth-order valence-corrected chi connectivity index (χ4v) is 4.43. The monoisotopic (exact) mass is 518 g/mol. The van der Waals surface area contributed by atoms with Crippen molar-refractivity contribution < 1.29 is 19.3 Å². The third-order valence-electron chi connectivity index (χ3n) is 5.77. The van der Waals surface area contributed by atoms with Gasteiger partial charge < -0.3 is 20.1 Å². The Morgan fingerprint density at radius 2 is 1.68 bits per heavy atom. The average molecular weight is 519 g/mol. The van der Waals surface area contributed by atoms with Gasteiger partial charge in [0.2, 0.25) is 16.0 Å². The van der Waals surface area contributed by atoms with Gasteiger partial charge in [0, 0.05) is 36.7 Å². The fraction of sp³-hybridized carbons (Fsp3) is 0.115. The molecule has 2 aromatic heterocycles. The summed E-state index contributed by atoms with van der Waals surface area (Å²) in [6, 6.07) is 19.6. The third kappa shape index (κ3) is 5.22. The molecule has 0 fully saturated rings. The van der Waals surface area contributed by atoms with Crippen LogP contribution in [0.4, 0.5) is 17.5 Å². The lowest BCUT2D eigenvalue weighted by molar-refractivity contribution is 0.356. The van der Waals surface area contributed by atoms with E-state index in [1.54, 1.807) is 38.6 Å². The highest BCUT2D eigenvalue weighted by Crippen LogP contribution is 2.35. The van der Waals surface area contributed by atoms with Crippen LogP contribution in [-0.2, 0) is 16.6 Å². The second-order valence-corrected chi connectivity index (χ2v) is 9.76. The van der Waals surface area contributed by atoms with Crippen molar-refractivity contribution in [1.82, 2.24) is 15.0 Å². The topological polar surface area (TPSA) is 141 Å². The standard InChI is InChI=1S/C26H24N6O4S.H2/c1-35-23-13-20-22(14-24(23)36-2)31-26(30-18-7-10-21-17(12-18)4-3-11-28-21)32-25(20)29-15-16-5-8-19(9-6-16)37(27,33)34;/h3-14H,15H2,1-2H3,(H2,27,33,34)(H2,29,30,31,32);1H. The van der Waals surface area contributed by atoms with Crippen molar-refractivity contribution in [3.05, 3.63) is 78.5 Å². The average Bonchev–Trinajstić information content (AvgIpc) is 2.90. The van der Waals surface area contributed by atoms with E-state index >= 15 is 0 Å². The lowest BCUT2D eigenvalue weighted by Gasteiger charge is -2.15. The highest BCUT2D eigenvalue weighted by molar-refractivity contribution is 7.89. The second kappa shape index (κ2) is 9.88. The summed E-state index contributed by atoms with van der Waals surface area (Å²) in [5, 5.41) is 13.5. The summed E-state index contributed by atoms with van der Waals surface area (Å²) in [7, 11) is -0.626. The molecular weight excluding hydrogens is 492 g/mol. The Morgan fingerprint density at radius 1 is 0.919 bits per heavy atom. The van der Waals surface area contributed by atoms with Crippen LogP contribution >= 0.6 is 0 Å². The zero-order valence-electron chi connectivity index (χ0n) is 20.1. The van der Waals surface area contributed by atoms with Crippen molar-refractivity contribution in [2.24, 2.45) is 5.14 Å². The van der Waals surface area contributed by atoms with E-state index < -0.39 is 10.0 Å². The Kier molecular flexibility index (Phi) is 6.47. The Labute approximate surface area is 215 Å². The number of methoxy groups -OCH3 is 2. The van der Waals surface area contributed by atoms with Crippen LogP contribution in [0, 0.1) is 0 Å². The summed E-state index contributed by atoms with van der Waals surface area (Å²) in [6.07, 6.45) is 1.75. The second-order valence-electron chi connectivity index (χ2n) is 8.20. The van der Waals surface area contributed by atoms with E-state index in [0.717, 1.165) is 27.5 Å². The van der Waals surface area contributed by atoms with E-state index in [4.69, 9.17) is 24.6 Å². The summed E-state index contributed by atoms with van der Waals surface area (Å²) in [6.45, 7) is 0.381. The minimum absolute atomic E-state index is 0. The molecule has 0 radical (unpaired) electrons. The number of aromatic nitrogens is 3. The minimum Gasteiger partial charge on any atom is -0.493 e. The minimum atomic E-state index is -3.76. The number of rotatable bonds is 8. The lowest BCUT2D eigenvalue weighted by Crippen LogP contribution is -2.12. The molecule has 0 bridgehead atoms. The van der Waals surface area contributed by atoms with Crippen LogP contribution in [0.15, 0.2) is 77.8 Å². The van der Waals surface area contributed by atoms with Crippen LogP contribution in [0.3, 0.4) is 0 Å². The van der Waals surface area contributed by atoms with E-state index in [0.29, 0.717) is 35.3 Å². The fourth-order valence-electron chi connectivity index (χ4n) is 3.91. The lowest BCUT2D eigenvalue weighted by atomic mass is 10.2. The van der Waals surface area contributed by atoms with Gasteiger partial charge in [-0.3, -0.25) is 4.98 Å². The molecule has 5 rings (SSSR count). The van der Waals surface area contributed by atoms with Gasteiger partial charge in [-0.1, -0.05) is 18.2 Å². The molecule has 0 spiro atoms. The Balaban J connectivity index is 0.00000336. The predicted molar refractivity (Wildman–Crippen MR) is 145 cm³/mol. The van der Waals surface area contributed by atoms with Gasteiger partial charge in [-0.15, -0.1) is 0 Å². The Bertz CT molecular complexity index is 1720. The number of primary sulfonamides is 1.